The Labute approximate surface area is 132 Å². The van der Waals surface area contributed by atoms with Gasteiger partial charge in [0.25, 0.3) is 10.9 Å². The number of rotatable bonds is 4. The molecule has 2 heterocycles. The lowest BCUT2D eigenvalue weighted by molar-refractivity contribution is -0.384. The molecule has 1 atom stereocenters. The van der Waals surface area contributed by atoms with E-state index < -0.39 is 4.92 Å². The number of nitrogens with zero attached hydrogens (tertiary/aromatic N) is 2. The number of halogens is 1. The van der Waals surface area contributed by atoms with Crippen molar-refractivity contribution in [3.63, 3.8) is 0 Å². The van der Waals surface area contributed by atoms with Gasteiger partial charge in [-0.05, 0) is 25.5 Å². The zero-order valence-electron chi connectivity index (χ0n) is 11.3. The van der Waals surface area contributed by atoms with Crippen LogP contribution in [0.1, 0.15) is 12.8 Å². The molecule has 114 valence electrons. The molecule has 1 N–H and O–H groups in total. The number of thiazole rings is 1. The molecule has 1 saturated heterocycles. The first kappa shape index (κ1) is 15.9. The molecular formula is C13H16ClN3O3S. The lowest BCUT2D eigenvalue weighted by Crippen LogP contribution is -2.33. The highest BCUT2D eigenvalue weighted by Gasteiger charge is 2.15. The molecule has 3 rings (SSSR count). The Hall–Kier alpha value is -1.44. The second kappa shape index (κ2) is 7.02. The third-order valence-corrected chi connectivity index (χ3v) is 4.35. The van der Waals surface area contributed by atoms with E-state index in [0.717, 1.165) is 17.8 Å². The van der Waals surface area contributed by atoms with E-state index in [1.807, 2.05) is 0 Å². The van der Waals surface area contributed by atoms with E-state index in [-0.39, 0.29) is 18.1 Å². The molecular weight excluding hydrogens is 314 g/mol. The van der Waals surface area contributed by atoms with E-state index in [1.54, 1.807) is 6.07 Å². The van der Waals surface area contributed by atoms with Gasteiger partial charge < -0.3 is 10.1 Å². The molecule has 1 aliphatic rings. The molecule has 8 heteroatoms. The smallest absolute Gasteiger partial charge is 0.274 e. The number of piperidine rings is 1. The maximum absolute atomic E-state index is 10.7. The van der Waals surface area contributed by atoms with Crippen LogP contribution >= 0.6 is 23.7 Å². The van der Waals surface area contributed by atoms with Gasteiger partial charge in [-0.3, -0.25) is 10.1 Å². The Morgan fingerprint density at radius 2 is 2.38 bits per heavy atom. The van der Waals surface area contributed by atoms with Gasteiger partial charge in [0, 0.05) is 24.6 Å². The maximum Gasteiger partial charge on any atom is 0.274 e. The molecule has 0 spiro atoms. The zero-order valence-corrected chi connectivity index (χ0v) is 12.9. The van der Waals surface area contributed by atoms with Gasteiger partial charge in [0.05, 0.1) is 21.7 Å². The van der Waals surface area contributed by atoms with Crippen molar-refractivity contribution in [3.05, 3.63) is 28.3 Å². The standard InChI is InChI=1S/C13H15N3O3S.ClH/c17-16(18)10-3-4-12-11(6-10)15-13(20-12)19-8-9-2-1-5-14-7-9;/h3-4,6,9,14H,1-2,5,7-8H2;1H. The van der Waals surface area contributed by atoms with Gasteiger partial charge in [-0.1, -0.05) is 11.3 Å². The van der Waals surface area contributed by atoms with Gasteiger partial charge in [-0.15, -0.1) is 12.4 Å². The van der Waals surface area contributed by atoms with E-state index in [9.17, 15) is 10.1 Å². The Morgan fingerprint density at radius 1 is 1.52 bits per heavy atom. The molecule has 0 amide bonds. The quantitative estimate of drug-likeness (QED) is 0.689. The van der Waals surface area contributed by atoms with Crippen molar-refractivity contribution in [1.82, 2.24) is 10.3 Å². The molecule has 6 nitrogen and oxygen atoms in total. The fraction of sp³-hybridized carbons (Fsp3) is 0.462. The normalized spacial score (nSPS) is 18.2. The number of nitro benzene ring substituents is 1. The van der Waals surface area contributed by atoms with Gasteiger partial charge in [-0.2, -0.15) is 0 Å². The van der Waals surface area contributed by atoms with Crippen LogP contribution in [0.5, 0.6) is 5.19 Å². The summed E-state index contributed by atoms with van der Waals surface area (Å²) >= 11 is 1.43. The van der Waals surface area contributed by atoms with Crippen LogP contribution in [0.3, 0.4) is 0 Å². The Morgan fingerprint density at radius 3 is 3.10 bits per heavy atom. The van der Waals surface area contributed by atoms with E-state index in [2.05, 4.69) is 10.3 Å². The first-order chi connectivity index (χ1) is 9.72. The number of aromatic nitrogens is 1. The van der Waals surface area contributed by atoms with Crippen LogP contribution in [0.2, 0.25) is 0 Å². The first-order valence-electron chi connectivity index (χ1n) is 6.61. The number of non-ortho nitro benzene ring substituents is 1. The molecule has 0 radical (unpaired) electrons. The van der Waals surface area contributed by atoms with Gasteiger partial charge in [-0.25, -0.2) is 4.98 Å². The van der Waals surface area contributed by atoms with Crippen LogP contribution in [-0.4, -0.2) is 29.6 Å². The summed E-state index contributed by atoms with van der Waals surface area (Å²) in [6.45, 7) is 2.71. The average Bonchev–Trinajstić information content (AvgIpc) is 2.88. The fourth-order valence-electron chi connectivity index (χ4n) is 2.33. The molecule has 1 aliphatic heterocycles. The van der Waals surface area contributed by atoms with E-state index >= 15 is 0 Å². The summed E-state index contributed by atoms with van der Waals surface area (Å²) in [4.78, 5) is 14.6. The highest BCUT2D eigenvalue weighted by atomic mass is 35.5. The number of nitro groups is 1. The van der Waals surface area contributed by atoms with E-state index in [4.69, 9.17) is 4.74 Å². The summed E-state index contributed by atoms with van der Waals surface area (Å²) < 4.78 is 6.64. The summed E-state index contributed by atoms with van der Waals surface area (Å²) in [5.41, 5.74) is 0.687. The van der Waals surface area contributed by atoms with Crippen LogP contribution in [-0.2, 0) is 0 Å². The van der Waals surface area contributed by atoms with Crippen LogP contribution < -0.4 is 10.1 Å². The minimum absolute atomic E-state index is 0. The molecule has 1 aromatic carbocycles. The Kier molecular flexibility index (Phi) is 5.33. The Balaban J connectivity index is 0.00000161. The summed E-state index contributed by atoms with van der Waals surface area (Å²) in [6.07, 6.45) is 2.35. The highest BCUT2D eigenvalue weighted by molar-refractivity contribution is 7.20. The van der Waals surface area contributed by atoms with Gasteiger partial charge in [0.15, 0.2) is 0 Å². The van der Waals surface area contributed by atoms with E-state index in [0.29, 0.717) is 23.2 Å². The van der Waals surface area contributed by atoms with Crippen molar-refractivity contribution in [3.8, 4) is 5.19 Å². The number of hydrogen-bond donors (Lipinski definition) is 1. The first-order valence-corrected chi connectivity index (χ1v) is 7.42. The van der Waals surface area contributed by atoms with Crippen LogP contribution in [0.15, 0.2) is 18.2 Å². The topological polar surface area (TPSA) is 77.3 Å². The molecule has 0 aliphatic carbocycles. The van der Waals surface area contributed by atoms with E-state index in [1.165, 1.54) is 36.3 Å². The molecule has 0 saturated carbocycles. The lowest BCUT2D eigenvalue weighted by atomic mass is 10.0. The highest BCUT2D eigenvalue weighted by Crippen LogP contribution is 2.30. The van der Waals surface area contributed by atoms with Crippen molar-refractivity contribution in [2.75, 3.05) is 19.7 Å². The summed E-state index contributed by atoms with van der Waals surface area (Å²) in [6, 6.07) is 4.70. The molecule has 1 unspecified atom stereocenters. The van der Waals surface area contributed by atoms with Crippen molar-refractivity contribution < 1.29 is 9.66 Å². The molecule has 1 fully saturated rings. The van der Waals surface area contributed by atoms with Crippen molar-refractivity contribution in [2.24, 2.45) is 5.92 Å². The third-order valence-electron chi connectivity index (χ3n) is 3.40. The predicted octanol–water partition coefficient (Wildman–Crippen LogP) is 3.00. The molecule has 21 heavy (non-hydrogen) atoms. The second-order valence-corrected chi connectivity index (χ2v) is 5.91. The summed E-state index contributed by atoms with van der Waals surface area (Å²) in [7, 11) is 0. The monoisotopic (exact) mass is 329 g/mol. The van der Waals surface area contributed by atoms with Gasteiger partial charge >= 0.3 is 0 Å². The van der Waals surface area contributed by atoms with Crippen molar-refractivity contribution in [2.45, 2.75) is 12.8 Å². The maximum atomic E-state index is 10.7. The number of fused-ring (bicyclic) bond motifs is 1. The van der Waals surface area contributed by atoms with Crippen LogP contribution in [0.25, 0.3) is 10.2 Å². The minimum atomic E-state index is -0.410. The van der Waals surface area contributed by atoms with Crippen LogP contribution in [0, 0.1) is 16.0 Å². The molecule has 2 aromatic rings. The molecule has 1 aromatic heterocycles. The lowest BCUT2D eigenvalue weighted by Gasteiger charge is -2.21. The predicted molar refractivity (Wildman–Crippen MR) is 84.6 cm³/mol. The van der Waals surface area contributed by atoms with Gasteiger partial charge in [0.2, 0.25) is 0 Å². The Bertz CT molecular complexity index is 628. The van der Waals surface area contributed by atoms with Crippen molar-refractivity contribution in [1.29, 1.82) is 0 Å². The number of benzene rings is 1. The fourth-order valence-corrected chi connectivity index (χ4v) is 3.13. The third kappa shape index (κ3) is 3.81. The minimum Gasteiger partial charge on any atom is -0.470 e. The number of nitrogens with one attached hydrogen (secondary N) is 1. The molecule has 0 bridgehead atoms. The summed E-state index contributed by atoms with van der Waals surface area (Å²) in [5, 5.41) is 14.7. The SMILES string of the molecule is Cl.O=[N+]([O-])c1ccc2sc(OCC3CCCNC3)nc2c1. The average molecular weight is 330 g/mol. The zero-order chi connectivity index (χ0) is 13.9. The second-order valence-electron chi connectivity index (χ2n) is 4.91. The van der Waals surface area contributed by atoms with Gasteiger partial charge in [0.1, 0.15) is 0 Å². The van der Waals surface area contributed by atoms with Crippen molar-refractivity contribution >= 4 is 39.6 Å². The number of ether oxygens (including phenoxy) is 1. The largest absolute Gasteiger partial charge is 0.470 e. The van der Waals surface area contributed by atoms with Crippen LogP contribution in [0.4, 0.5) is 5.69 Å². The summed E-state index contributed by atoms with van der Waals surface area (Å²) in [5.74, 6) is 0.519. The number of hydrogen-bond acceptors (Lipinski definition) is 6.